The van der Waals surface area contributed by atoms with Crippen LogP contribution in [0, 0.1) is 5.41 Å². The summed E-state index contributed by atoms with van der Waals surface area (Å²) >= 11 is 0. The fourth-order valence-electron chi connectivity index (χ4n) is 0. The van der Waals surface area contributed by atoms with Crippen LogP contribution in [-0.2, 0) is 0 Å². The molecule has 0 amide bonds. The monoisotopic (exact) mass is 110 g/mol. The van der Waals surface area contributed by atoms with Crippen molar-refractivity contribution in [1.82, 2.24) is 0 Å². The van der Waals surface area contributed by atoms with E-state index in [-0.39, 0.29) is 0 Å². The minimum atomic E-state index is -2.34. The van der Waals surface area contributed by atoms with Crippen LogP contribution in [0.25, 0.3) is 0 Å². The molecule has 0 aromatic heterocycles. The van der Waals surface area contributed by atoms with Crippen molar-refractivity contribution < 1.29 is 8.78 Å². The lowest BCUT2D eigenvalue weighted by atomic mass is 10.7. The molecule has 4 heteroatoms. The second-order valence-electron chi connectivity index (χ2n) is 0.627. The average Bonchev–Trinajstić information content (AvgIpc) is 1.73. The summed E-state index contributed by atoms with van der Waals surface area (Å²) in [5, 5.41) is 5.50. The highest BCUT2D eigenvalue weighted by Crippen LogP contribution is 1.82. The molecule has 0 aliphatic rings. The molecule has 0 aromatic carbocycles. The van der Waals surface area contributed by atoms with E-state index >= 15 is 0 Å². The van der Waals surface area contributed by atoms with Crippen molar-refractivity contribution in [3.63, 3.8) is 0 Å². The molecule has 0 unspecified atom stereocenters. The molecule has 0 fully saturated rings. The molecule has 0 bridgehead atoms. The molecular weight excluding hydrogens is 102 g/mol. The molecule has 0 aliphatic carbocycles. The maximum atomic E-state index is 10.6. The van der Waals surface area contributed by atoms with Gasteiger partial charge < -0.3 is 11.1 Å². The van der Waals surface area contributed by atoms with E-state index in [1.165, 1.54) is 0 Å². The average molecular weight is 110 g/mol. The van der Waals surface area contributed by atoms with Gasteiger partial charge in [0.2, 0.25) is 0 Å². The van der Waals surface area contributed by atoms with Gasteiger partial charge in [0.05, 0.1) is 6.54 Å². The van der Waals surface area contributed by atoms with Crippen molar-refractivity contribution in [2.75, 3.05) is 6.54 Å². The molecule has 0 saturated carbocycles. The van der Waals surface area contributed by atoms with E-state index in [4.69, 9.17) is 5.41 Å². The van der Waals surface area contributed by atoms with Crippen LogP contribution >= 0.6 is 0 Å². The summed E-state index contributed by atoms with van der Waals surface area (Å²) in [5.41, 5.74) is 4.42. The first kappa shape index (κ1) is 9.70. The van der Waals surface area contributed by atoms with Crippen LogP contribution < -0.4 is 5.73 Å². The van der Waals surface area contributed by atoms with Gasteiger partial charge in [-0.25, -0.2) is 8.78 Å². The van der Waals surface area contributed by atoms with E-state index in [1.54, 1.807) is 0 Å². The third-order valence-corrected chi connectivity index (χ3v) is 0.178. The Morgan fingerprint density at radius 3 is 1.71 bits per heavy atom. The Hall–Kier alpha value is -0.510. The van der Waals surface area contributed by atoms with Gasteiger partial charge >= 0.3 is 0 Å². The first-order valence-corrected chi connectivity index (χ1v) is 1.61. The first-order valence-electron chi connectivity index (χ1n) is 1.61. The predicted molar refractivity (Wildman–Crippen MR) is 24.9 cm³/mol. The minimum Gasteiger partial charge on any atom is -0.325 e. The molecule has 0 heterocycles. The van der Waals surface area contributed by atoms with Crippen LogP contribution in [0.3, 0.4) is 0 Å². The molecular formula is C3H8F2N2. The van der Waals surface area contributed by atoms with Crippen molar-refractivity contribution in [3.05, 3.63) is 0 Å². The van der Waals surface area contributed by atoms with Crippen molar-refractivity contribution >= 4 is 6.72 Å². The van der Waals surface area contributed by atoms with Gasteiger partial charge in [-0.05, 0) is 6.72 Å². The highest BCUT2D eigenvalue weighted by molar-refractivity contribution is 5.15. The first-order chi connectivity index (χ1) is 3.27. The van der Waals surface area contributed by atoms with Gasteiger partial charge in [0.25, 0.3) is 6.43 Å². The Bertz CT molecular complexity index is 32.1. The van der Waals surface area contributed by atoms with Crippen molar-refractivity contribution in [2.45, 2.75) is 6.43 Å². The second kappa shape index (κ2) is 9.09. The molecule has 0 atom stereocenters. The Balaban J connectivity index is 0. The summed E-state index contributed by atoms with van der Waals surface area (Å²) in [5.74, 6) is 0. The van der Waals surface area contributed by atoms with Crippen molar-refractivity contribution in [3.8, 4) is 0 Å². The number of alkyl halides is 2. The van der Waals surface area contributed by atoms with Crippen molar-refractivity contribution in [1.29, 1.82) is 5.41 Å². The molecule has 0 aromatic rings. The van der Waals surface area contributed by atoms with E-state index in [0.29, 0.717) is 0 Å². The largest absolute Gasteiger partial charge is 0.325 e. The predicted octanol–water partition coefficient (Wildman–Crippen LogP) is 0.476. The lowest BCUT2D eigenvalue weighted by Crippen LogP contribution is -2.08. The van der Waals surface area contributed by atoms with Gasteiger partial charge in [-0.2, -0.15) is 0 Å². The zero-order chi connectivity index (χ0) is 6.28. The second-order valence-corrected chi connectivity index (χ2v) is 0.627. The highest BCUT2D eigenvalue weighted by Gasteiger charge is 1.91. The van der Waals surface area contributed by atoms with Gasteiger partial charge in [-0.15, -0.1) is 0 Å². The van der Waals surface area contributed by atoms with E-state index in [0.717, 1.165) is 0 Å². The number of halogens is 2. The molecule has 0 rings (SSSR count). The molecule has 3 N–H and O–H groups in total. The van der Waals surface area contributed by atoms with E-state index in [2.05, 4.69) is 12.5 Å². The standard InChI is InChI=1S/C2H5F2N.CH3N/c3-2(4)1-5;1-2/h2H,1,5H2;2H,1H2. The lowest BCUT2D eigenvalue weighted by Gasteiger charge is -1.82. The zero-order valence-corrected chi connectivity index (χ0v) is 3.82. The van der Waals surface area contributed by atoms with Gasteiger partial charge in [0, 0.05) is 0 Å². The highest BCUT2D eigenvalue weighted by atomic mass is 19.3. The quantitative estimate of drug-likeness (QED) is 0.474. The van der Waals surface area contributed by atoms with Crippen LogP contribution in [0.2, 0.25) is 0 Å². The van der Waals surface area contributed by atoms with Crippen LogP contribution in [-0.4, -0.2) is 19.7 Å². The van der Waals surface area contributed by atoms with Crippen LogP contribution in [0.1, 0.15) is 0 Å². The van der Waals surface area contributed by atoms with Crippen LogP contribution in [0.15, 0.2) is 0 Å². The summed E-state index contributed by atoms with van der Waals surface area (Å²) in [6.07, 6.45) is -2.34. The topological polar surface area (TPSA) is 49.9 Å². The summed E-state index contributed by atoms with van der Waals surface area (Å²) < 4.78 is 21.3. The molecule has 0 saturated heterocycles. The number of hydrogen-bond acceptors (Lipinski definition) is 2. The Labute approximate surface area is 40.8 Å². The SMILES string of the molecule is C=N.NCC(F)F. The summed E-state index contributed by atoms with van der Waals surface area (Å²) in [6.45, 7) is 1.97. The van der Waals surface area contributed by atoms with Gasteiger partial charge in [-0.3, -0.25) is 0 Å². The normalized spacial score (nSPS) is 7.43. The third kappa shape index (κ3) is 30.1. The number of hydrogen-bond donors (Lipinski definition) is 2. The van der Waals surface area contributed by atoms with E-state index < -0.39 is 13.0 Å². The van der Waals surface area contributed by atoms with Gasteiger partial charge in [0.1, 0.15) is 0 Å². The fraction of sp³-hybridized carbons (Fsp3) is 0.667. The minimum absolute atomic E-state index is 0.528. The number of rotatable bonds is 1. The van der Waals surface area contributed by atoms with Gasteiger partial charge in [0.15, 0.2) is 0 Å². The van der Waals surface area contributed by atoms with E-state index in [9.17, 15) is 8.78 Å². The summed E-state index contributed by atoms with van der Waals surface area (Å²) in [7, 11) is 0. The maximum absolute atomic E-state index is 10.6. The summed E-state index contributed by atoms with van der Waals surface area (Å²) in [4.78, 5) is 0. The van der Waals surface area contributed by atoms with Crippen LogP contribution in [0.4, 0.5) is 8.78 Å². The third-order valence-electron chi connectivity index (χ3n) is 0.178. The summed E-state index contributed by atoms with van der Waals surface area (Å²) in [6, 6.07) is 0. The molecule has 7 heavy (non-hydrogen) atoms. The number of nitrogens with one attached hydrogen (secondary N) is 1. The molecule has 44 valence electrons. The number of nitrogens with two attached hydrogens (primary N) is 1. The lowest BCUT2D eigenvalue weighted by molar-refractivity contribution is 0.158. The van der Waals surface area contributed by atoms with Gasteiger partial charge in [-0.1, -0.05) is 0 Å². The Kier molecular flexibility index (Phi) is 12.6. The Morgan fingerprint density at radius 2 is 1.71 bits per heavy atom. The van der Waals surface area contributed by atoms with E-state index in [1.807, 2.05) is 0 Å². The van der Waals surface area contributed by atoms with Crippen LogP contribution in [0.5, 0.6) is 0 Å². The maximum Gasteiger partial charge on any atom is 0.250 e. The molecule has 0 spiro atoms. The Morgan fingerprint density at radius 1 is 1.57 bits per heavy atom. The molecule has 2 nitrogen and oxygen atoms in total. The zero-order valence-electron chi connectivity index (χ0n) is 3.82. The van der Waals surface area contributed by atoms with Crippen molar-refractivity contribution in [2.24, 2.45) is 5.73 Å². The smallest absolute Gasteiger partial charge is 0.250 e. The molecule has 0 aliphatic heterocycles. The molecule has 0 radical (unpaired) electrons. The fourth-order valence-corrected chi connectivity index (χ4v) is 0.